The molecule has 1 fully saturated rings. The number of likely N-dealkylation sites (N-methyl/N-ethyl adjacent to an activating group) is 1. The molecule has 0 spiro atoms. The molecule has 114 valence electrons. The molecule has 0 saturated carbocycles. The first-order valence-electron chi connectivity index (χ1n) is 7.53. The van der Waals surface area contributed by atoms with Crippen LogP contribution in [0.25, 0.3) is 0 Å². The summed E-state index contributed by atoms with van der Waals surface area (Å²) in [6.45, 7) is 6.65. The van der Waals surface area contributed by atoms with Gasteiger partial charge in [-0.05, 0) is 33.2 Å². The van der Waals surface area contributed by atoms with E-state index in [1.54, 1.807) is 11.3 Å². The van der Waals surface area contributed by atoms with E-state index in [0.717, 1.165) is 43.1 Å². The van der Waals surface area contributed by atoms with Gasteiger partial charge in [-0.25, -0.2) is 4.98 Å². The predicted molar refractivity (Wildman–Crippen MR) is 84.0 cm³/mol. The Bertz CT molecular complexity index is 421. The van der Waals surface area contributed by atoms with Crippen molar-refractivity contribution in [3.05, 3.63) is 16.1 Å². The zero-order valence-electron chi connectivity index (χ0n) is 12.9. The summed E-state index contributed by atoms with van der Waals surface area (Å²) in [5, 5.41) is 3.28. The lowest BCUT2D eigenvalue weighted by Crippen LogP contribution is -2.56. The Labute approximate surface area is 126 Å². The lowest BCUT2D eigenvalue weighted by molar-refractivity contribution is -0.0693. The van der Waals surface area contributed by atoms with Crippen molar-refractivity contribution in [2.24, 2.45) is 5.73 Å². The number of hydrogen-bond acceptors (Lipinski definition) is 5. The third kappa shape index (κ3) is 3.58. The largest absolute Gasteiger partial charge is 0.378 e. The van der Waals surface area contributed by atoms with Crippen molar-refractivity contribution in [2.75, 3.05) is 20.2 Å². The average Bonchev–Trinajstić information content (AvgIpc) is 2.84. The van der Waals surface area contributed by atoms with Crippen LogP contribution in [0.5, 0.6) is 0 Å². The van der Waals surface area contributed by atoms with Gasteiger partial charge in [0.15, 0.2) is 0 Å². The molecule has 2 heterocycles. The van der Waals surface area contributed by atoms with E-state index < -0.39 is 0 Å². The first-order chi connectivity index (χ1) is 9.59. The van der Waals surface area contributed by atoms with E-state index in [0.29, 0.717) is 12.6 Å². The third-order valence-electron chi connectivity index (χ3n) is 4.39. The summed E-state index contributed by atoms with van der Waals surface area (Å²) in [6, 6.07) is 0. The molecule has 1 saturated heterocycles. The molecule has 20 heavy (non-hydrogen) atoms. The molecule has 0 amide bonds. The van der Waals surface area contributed by atoms with E-state index in [1.807, 2.05) is 0 Å². The minimum absolute atomic E-state index is 0.0651. The molecule has 2 rings (SSSR count). The van der Waals surface area contributed by atoms with Crippen LogP contribution in [0.4, 0.5) is 0 Å². The summed E-state index contributed by atoms with van der Waals surface area (Å²) in [5.74, 6) is 0. The van der Waals surface area contributed by atoms with Crippen LogP contribution in [0, 0.1) is 6.92 Å². The Kier molecular flexibility index (Phi) is 5.55. The quantitative estimate of drug-likeness (QED) is 0.877. The van der Waals surface area contributed by atoms with Gasteiger partial charge in [-0.3, -0.25) is 4.90 Å². The number of hydrogen-bond donors (Lipinski definition) is 1. The van der Waals surface area contributed by atoms with Crippen LogP contribution in [-0.2, 0) is 11.3 Å². The van der Waals surface area contributed by atoms with Gasteiger partial charge in [-0.15, -0.1) is 11.3 Å². The number of thiazole rings is 1. The molecule has 0 aliphatic carbocycles. The first-order valence-corrected chi connectivity index (χ1v) is 8.41. The molecule has 5 heteroatoms. The minimum Gasteiger partial charge on any atom is -0.378 e. The van der Waals surface area contributed by atoms with Gasteiger partial charge in [-0.2, -0.15) is 0 Å². The summed E-state index contributed by atoms with van der Waals surface area (Å²) in [6.07, 6.45) is 4.71. The van der Waals surface area contributed by atoms with Gasteiger partial charge in [-0.1, -0.05) is 13.3 Å². The molecular weight excluding hydrogens is 270 g/mol. The van der Waals surface area contributed by atoms with E-state index in [1.165, 1.54) is 6.42 Å². The highest BCUT2D eigenvalue weighted by molar-refractivity contribution is 7.09. The SMILES string of the molecule is CCCC1CC(CN)(N(C)Cc2csc(C)n2)CCO1. The molecule has 4 nitrogen and oxygen atoms in total. The summed E-state index contributed by atoms with van der Waals surface area (Å²) < 4.78 is 5.88. The molecule has 1 aliphatic rings. The molecule has 0 radical (unpaired) electrons. The summed E-state index contributed by atoms with van der Waals surface area (Å²) in [4.78, 5) is 6.97. The zero-order valence-corrected chi connectivity index (χ0v) is 13.7. The van der Waals surface area contributed by atoms with Crippen LogP contribution < -0.4 is 5.73 Å². The van der Waals surface area contributed by atoms with Crippen molar-refractivity contribution in [1.29, 1.82) is 0 Å². The fourth-order valence-electron chi connectivity index (χ4n) is 3.09. The second kappa shape index (κ2) is 6.98. The molecule has 0 bridgehead atoms. The van der Waals surface area contributed by atoms with Gasteiger partial charge in [0.2, 0.25) is 0 Å². The maximum atomic E-state index is 6.14. The van der Waals surface area contributed by atoms with E-state index in [-0.39, 0.29) is 5.54 Å². The minimum atomic E-state index is 0.0651. The van der Waals surface area contributed by atoms with Gasteiger partial charge in [0.25, 0.3) is 0 Å². The van der Waals surface area contributed by atoms with Gasteiger partial charge in [0, 0.05) is 30.6 Å². The zero-order chi connectivity index (χ0) is 14.6. The highest BCUT2D eigenvalue weighted by Gasteiger charge is 2.39. The fourth-order valence-corrected chi connectivity index (χ4v) is 3.69. The Hall–Kier alpha value is -0.490. The van der Waals surface area contributed by atoms with Crippen molar-refractivity contribution < 1.29 is 4.74 Å². The molecule has 2 N–H and O–H groups in total. The second-order valence-corrected chi connectivity index (χ2v) is 6.94. The Morgan fingerprint density at radius 3 is 3.00 bits per heavy atom. The lowest BCUT2D eigenvalue weighted by atomic mass is 9.84. The number of ether oxygens (including phenoxy) is 1. The van der Waals surface area contributed by atoms with Crippen LogP contribution in [-0.4, -0.2) is 41.7 Å². The number of nitrogens with two attached hydrogens (primary N) is 1. The predicted octanol–water partition coefficient (Wildman–Crippen LogP) is 2.56. The monoisotopic (exact) mass is 297 g/mol. The van der Waals surface area contributed by atoms with Crippen LogP contribution in [0.3, 0.4) is 0 Å². The van der Waals surface area contributed by atoms with Gasteiger partial charge in [0.05, 0.1) is 16.8 Å². The van der Waals surface area contributed by atoms with Gasteiger partial charge >= 0.3 is 0 Å². The van der Waals surface area contributed by atoms with Gasteiger partial charge in [0.1, 0.15) is 0 Å². The standard InChI is InChI=1S/C15H27N3OS/c1-4-5-14-8-15(11-16,6-7-19-14)18(3)9-13-10-20-12(2)17-13/h10,14H,4-9,11,16H2,1-3H3. The Balaban J connectivity index is 2.04. The van der Waals surface area contributed by atoms with Crippen molar-refractivity contribution in [3.63, 3.8) is 0 Å². The highest BCUT2D eigenvalue weighted by atomic mass is 32.1. The molecule has 0 aromatic carbocycles. The van der Waals surface area contributed by atoms with E-state index in [2.05, 4.69) is 36.2 Å². The summed E-state index contributed by atoms with van der Waals surface area (Å²) in [7, 11) is 2.18. The molecule has 1 aromatic heterocycles. The molecule has 1 aromatic rings. The fraction of sp³-hybridized carbons (Fsp3) is 0.800. The second-order valence-electron chi connectivity index (χ2n) is 5.88. The number of aromatic nitrogens is 1. The van der Waals surface area contributed by atoms with Crippen molar-refractivity contribution in [3.8, 4) is 0 Å². The third-order valence-corrected chi connectivity index (χ3v) is 5.22. The summed E-state index contributed by atoms with van der Waals surface area (Å²) in [5.41, 5.74) is 7.36. The smallest absolute Gasteiger partial charge is 0.0897 e. The first kappa shape index (κ1) is 15.9. The molecule has 2 unspecified atom stereocenters. The normalized spacial score (nSPS) is 27.1. The van der Waals surface area contributed by atoms with Crippen molar-refractivity contribution in [1.82, 2.24) is 9.88 Å². The van der Waals surface area contributed by atoms with E-state index in [9.17, 15) is 0 Å². The van der Waals surface area contributed by atoms with E-state index >= 15 is 0 Å². The molecule has 2 atom stereocenters. The Morgan fingerprint density at radius 2 is 2.40 bits per heavy atom. The number of rotatable bonds is 6. The molecular formula is C15H27N3OS. The van der Waals surface area contributed by atoms with Crippen LogP contribution in [0.15, 0.2) is 5.38 Å². The van der Waals surface area contributed by atoms with Crippen LogP contribution in [0.1, 0.15) is 43.3 Å². The average molecular weight is 297 g/mol. The van der Waals surface area contributed by atoms with Crippen LogP contribution >= 0.6 is 11.3 Å². The summed E-state index contributed by atoms with van der Waals surface area (Å²) >= 11 is 1.71. The topological polar surface area (TPSA) is 51.4 Å². The Morgan fingerprint density at radius 1 is 1.60 bits per heavy atom. The maximum absolute atomic E-state index is 6.14. The van der Waals surface area contributed by atoms with Crippen LogP contribution in [0.2, 0.25) is 0 Å². The van der Waals surface area contributed by atoms with Crippen molar-refractivity contribution in [2.45, 2.75) is 57.7 Å². The maximum Gasteiger partial charge on any atom is 0.0897 e. The number of nitrogens with zero attached hydrogens (tertiary/aromatic N) is 2. The van der Waals surface area contributed by atoms with E-state index in [4.69, 9.17) is 10.5 Å². The molecule has 1 aliphatic heterocycles. The van der Waals surface area contributed by atoms with Gasteiger partial charge < -0.3 is 10.5 Å². The number of aryl methyl sites for hydroxylation is 1. The lowest BCUT2D eigenvalue weighted by Gasteiger charge is -2.46. The highest BCUT2D eigenvalue weighted by Crippen LogP contribution is 2.32. The van der Waals surface area contributed by atoms with Crippen molar-refractivity contribution >= 4 is 11.3 Å².